The highest BCUT2D eigenvalue weighted by molar-refractivity contribution is 7.81. The van der Waals surface area contributed by atoms with Gasteiger partial charge in [-0.05, 0) is 73.1 Å². The van der Waals surface area contributed by atoms with Crippen LogP contribution in [-0.4, -0.2) is 36.5 Å². The van der Waals surface area contributed by atoms with Crippen molar-refractivity contribution in [3.63, 3.8) is 0 Å². The summed E-state index contributed by atoms with van der Waals surface area (Å²) in [7, 11) is 4.46. The molecule has 148 valence electrons. The normalized spacial score (nSPS) is 10.4. The van der Waals surface area contributed by atoms with Crippen molar-refractivity contribution >= 4 is 62.8 Å². The molecule has 2 aromatic carbocycles. The van der Waals surface area contributed by atoms with E-state index in [9.17, 15) is 4.79 Å². The molecular weight excluding hydrogens is 428 g/mol. The summed E-state index contributed by atoms with van der Waals surface area (Å²) in [5, 5.41) is 1.29. The van der Waals surface area contributed by atoms with Gasteiger partial charge in [0.25, 0.3) is 0 Å². The first kappa shape index (κ1) is 21.0. The fraction of sp³-hybridized carbons (Fsp3) is 0.143. The third kappa shape index (κ3) is 4.19. The SMILES string of the molecule is COC(=S)c1ccc(-c2cc(=O)c3ccc(C(=S)OC)cc3o2)c(C(=S)OC)c1. The maximum atomic E-state index is 12.7. The molecule has 0 bridgehead atoms. The van der Waals surface area contributed by atoms with Crippen LogP contribution >= 0.6 is 36.7 Å². The molecule has 5 nitrogen and oxygen atoms in total. The smallest absolute Gasteiger partial charge is 0.193 e. The Balaban J connectivity index is 2.23. The summed E-state index contributed by atoms with van der Waals surface area (Å²) in [4.78, 5) is 12.7. The average Bonchev–Trinajstić information content (AvgIpc) is 2.76. The Labute approximate surface area is 183 Å². The molecule has 0 saturated carbocycles. The monoisotopic (exact) mass is 444 g/mol. The molecule has 0 fully saturated rings. The first-order chi connectivity index (χ1) is 13.9. The predicted molar refractivity (Wildman–Crippen MR) is 124 cm³/mol. The van der Waals surface area contributed by atoms with Crippen molar-refractivity contribution < 1.29 is 18.6 Å². The number of benzene rings is 2. The Bertz CT molecular complexity index is 1200. The van der Waals surface area contributed by atoms with Gasteiger partial charge in [0.05, 0.1) is 26.7 Å². The molecule has 1 heterocycles. The van der Waals surface area contributed by atoms with Crippen molar-refractivity contribution in [1.82, 2.24) is 0 Å². The molecule has 3 aromatic rings. The highest BCUT2D eigenvalue weighted by atomic mass is 32.1. The van der Waals surface area contributed by atoms with Crippen molar-refractivity contribution in [2.45, 2.75) is 0 Å². The molecule has 0 unspecified atom stereocenters. The van der Waals surface area contributed by atoms with Crippen LogP contribution in [0.15, 0.2) is 51.7 Å². The number of methoxy groups -OCH3 is 3. The Hall–Kier alpha value is -2.68. The minimum Gasteiger partial charge on any atom is -0.486 e. The van der Waals surface area contributed by atoms with Crippen LogP contribution in [0.2, 0.25) is 0 Å². The van der Waals surface area contributed by atoms with Gasteiger partial charge in [0.15, 0.2) is 20.6 Å². The van der Waals surface area contributed by atoms with Gasteiger partial charge in [0.1, 0.15) is 11.3 Å². The summed E-state index contributed by atoms with van der Waals surface area (Å²) in [5.41, 5.74) is 2.65. The molecule has 29 heavy (non-hydrogen) atoms. The molecule has 0 amide bonds. The van der Waals surface area contributed by atoms with E-state index in [0.717, 1.165) is 0 Å². The van der Waals surface area contributed by atoms with Crippen LogP contribution < -0.4 is 5.43 Å². The van der Waals surface area contributed by atoms with Gasteiger partial charge in [-0.15, -0.1) is 0 Å². The molecule has 0 aliphatic rings. The zero-order valence-electron chi connectivity index (χ0n) is 15.8. The minimum atomic E-state index is -0.193. The van der Waals surface area contributed by atoms with E-state index < -0.39 is 0 Å². The summed E-state index contributed by atoms with van der Waals surface area (Å²) >= 11 is 15.7. The number of rotatable bonds is 4. The highest BCUT2D eigenvalue weighted by Crippen LogP contribution is 2.28. The summed E-state index contributed by atoms with van der Waals surface area (Å²) in [6, 6.07) is 11.7. The van der Waals surface area contributed by atoms with E-state index in [2.05, 4.69) is 0 Å². The molecule has 0 N–H and O–H groups in total. The number of hydrogen-bond acceptors (Lipinski definition) is 8. The van der Waals surface area contributed by atoms with E-state index >= 15 is 0 Å². The maximum absolute atomic E-state index is 12.7. The van der Waals surface area contributed by atoms with Crippen LogP contribution in [0.1, 0.15) is 16.7 Å². The molecule has 0 spiro atoms. The third-order valence-corrected chi connectivity index (χ3v) is 5.45. The number of fused-ring (bicyclic) bond motifs is 1. The molecule has 0 radical (unpaired) electrons. The number of ether oxygens (including phenoxy) is 3. The van der Waals surface area contributed by atoms with Gasteiger partial charge >= 0.3 is 0 Å². The molecule has 0 aliphatic carbocycles. The van der Waals surface area contributed by atoms with Crippen molar-refractivity contribution in [3.05, 3.63) is 69.4 Å². The van der Waals surface area contributed by atoms with Crippen LogP contribution in [0.3, 0.4) is 0 Å². The Morgan fingerprint density at radius 1 is 0.793 bits per heavy atom. The van der Waals surface area contributed by atoms with Crippen LogP contribution in [0, 0.1) is 0 Å². The first-order valence-electron chi connectivity index (χ1n) is 8.37. The minimum absolute atomic E-state index is 0.193. The second-order valence-corrected chi connectivity index (χ2v) is 7.03. The zero-order valence-corrected chi connectivity index (χ0v) is 18.3. The lowest BCUT2D eigenvalue weighted by molar-refractivity contribution is 0.414. The molecule has 0 atom stereocenters. The Kier molecular flexibility index (Phi) is 6.36. The van der Waals surface area contributed by atoms with Crippen molar-refractivity contribution in [1.29, 1.82) is 0 Å². The largest absolute Gasteiger partial charge is 0.486 e. The van der Waals surface area contributed by atoms with E-state index in [0.29, 0.717) is 49.1 Å². The number of hydrogen-bond donors (Lipinski definition) is 0. The lowest BCUT2D eigenvalue weighted by Gasteiger charge is -2.12. The van der Waals surface area contributed by atoms with Crippen LogP contribution in [0.4, 0.5) is 0 Å². The van der Waals surface area contributed by atoms with E-state index in [-0.39, 0.29) is 10.5 Å². The Morgan fingerprint density at radius 2 is 1.38 bits per heavy atom. The van der Waals surface area contributed by atoms with Crippen LogP contribution in [0.25, 0.3) is 22.3 Å². The quantitative estimate of drug-likeness (QED) is 0.548. The summed E-state index contributed by atoms with van der Waals surface area (Å²) in [6.45, 7) is 0. The topological polar surface area (TPSA) is 57.9 Å². The fourth-order valence-electron chi connectivity index (χ4n) is 2.82. The second kappa shape index (κ2) is 8.77. The van der Waals surface area contributed by atoms with Crippen LogP contribution in [0.5, 0.6) is 0 Å². The van der Waals surface area contributed by atoms with Gasteiger partial charge in [-0.1, -0.05) is 0 Å². The lowest BCUT2D eigenvalue weighted by Crippen LogP contribution is -2.08. The number of thiocarbonyl (C=S) groups is 3. The maximum Gasteiger partial charge on any atom is 0.193 e. The average molecular weight is 445 g/mol. The van der Waals surface area contributed by atoms with Crippen molar-refractivity contribution in [2.75, 3.05) is 21.3 Å². The Morgan fingerprint density at radius 3 is 2.00 bits per heavy atom. The second-order valence-electron chi connectivity index (χ2n) is 5.92. The molecule has 0 aliphatic heterocycles. The standard InChI is InChI=1S/C21H16O5S3/c1-23-19(27)11-4-6-13(15(8-11)21(29)25-3)18-10-16(22)14-7-5-12(20(28)24-2)9-17(14)26-18/h4-10H,1-3H3. The molecule has 8 heteroatoms. The molecule has 0 saturated heterocycles. The van der Waals surface area contributed by atoms with Gasteiger partial charge in [0, 0.05) is 28.3 Å². The zero-order chi connectivity index (χ0) is 21.1. The van der Waals surface area contributed by atoms with Gasteiger partial charge in [0.2, 0.25) is 0 Å². The third-order valence-electron chi connectivity index (χ3n) is 4.26. The fourth-order valence-corrected chi connectivity index (χ4v) is 3.24. The molecule has 1 aromatic heterocycles. The van der Waals surface area contributed by atoms with E-state index in [4.69, 9.17) is 55.3 Å². The van der Waals surface area contributed by atoms with E-state index in [1.807, 2.05) is 0 Å². The summed E-state index contributed by atoms with van der Waals surface area (Å²) in [5.74, 6) is 0.340. The lowest BCUT2D eigenvalue weighted by atomic mass is 10.0. The van der Waals surface area contributed by atoms with Crippen molar-refractivity contribution in [2.24, 2.45) is 0 Å². The van der Waals surface area contributed by atoms with E-state index in [1.54, 1.807) is 36.4 Å². The first-order valence-corrected chi connectivity index (χ1v) is 9.59. The summed E-state index contributed by atoms with van der Waals surface area (Å²) in [6.07, 6.45) is 0. The summed E-state index contributed by atoms with van der Waals surface area (Å²) < 4.78 is 21.5. The van der Waals surface area contributed by atoms with Gasteiger partial charge in [-0.25, -0.2) is 0 Å². The van der Waals surface area contributed by atoms with Gasteiger partial charge in [-0.2, -0.15) is 0 Å². The van der Waals surface area contributed by atoms with Gasteiger partial charge < -0.3 is 18.6 Å². The molecular formula is C21H16O5S3. The van der Waals surface area contributed by atoms with Crippen molar-refractivity contribution in [3.8, 4) is 11.3 Å². The van der Waals surface area contributed by atoms with E-state index in [1.165, 1.54) is 27.4 Å². The van der Waals surface area contributed by atoms with Crippen LogP contribution in [-0.2, 0) is 14.2 Å². The molecule has 3 rings (SSSR count). The highest BCUT2D eigenvalue weighted by Gasteiger charge is 2.17. The van der Waals surface area contributed by atoms with Gasteiger partial charge in [-0.3, -0.25) is 4.79 Å². The predicted octanol–water partition coefficient (Wildman–Crippen LogP) is 4.43.